The summed E-state index contributed by atoms with van der Waals surface area (Å²) in [5.41, 5.74) is 9.77. The summed E-state index contributed by atoms with van der Waals surface area (Å²) in [5.74, 6) is 0.717. The van der Waals surface area contributed by atoms with E-state index in [4.69, 9.17) is 9.97 Å². The van der Waals surface area contributed by atoms with Crippen LogP contribution in [0.1, 0.15) is 0 Å². The fraction of sp³-hybridized carbons (Fsp3) is 0. The van der Waals surface area contributed by atoms with Crippen molar-refractivity contribution in [2.45, 2.75) is 0 Å². The first-order valence-electron chi connectivity index (χ1n) is 14.4. The van der Waals surface area contributed by atoms with Crippen molar-refractivity contribution in [2.24, 2.45) is 0 Å². The van der Waals surface area contributed by atoms with Gasteiger partial charge < -0.3 is 0 Å². The molecule has 3 heteroatoms. The second-order valence-electron chi connectivity index (χ2n) is 10.6. The van der Waals surface area contributed by atoms with Crippen LogP contribution in [0.3, 0.4) is 0 Å². The van der Waals surface area contributed by atoms with Crippen LogP contribution in [0.2, 0.25) is 0 Å². The summed E-state index contributed by atoms with van der Waals surface area (Å²) in [5, 5.41) is 2.63. The third kappa shape index (κ3) is 4.80. The summed E-state index contributed by atoms with van der Waals surface area (Å²) in [4.78, 5) is 10.1. The zero-order valence-electron chi connectivity index (χ0n) is 23.3. The Hall–Kier alpha value is -5.38. The van der Waals surface area contributed by atoms with E-state index in [2.05, 4.69) is 146 Å². The summed E-state index contributed by atoms with van der Waals surface area (Å²) >= 11 is 1.85. The third-order valence-electron chi connectivity index (χ3n) is 7.94. The van der Waals surface area contributed by atoms with Crippen LogP contribution in [0, 0.1) is 0 Å². The Bertz CT molecular complexity index is 2200. The smallest absolute Gasteiger partial charge is 0.160 e. The molecule has 2 aromatic heterocycles. The molecule has 0 N–H and O–H groups in total. The van der Waals surface area contributed by atoms with E-state index in [9.17, 15) is 0 Å². The summed E-state index contributed by atoms with van der Waals surface area (Å²) in [7, 11) is 0. The lowest BCUT2D eigenvalue weighted by Gasteiger charge is -2.11. The van der Waals surface area contributed by atoms with Gasteiger partial charge in [-0.15, -0.1) is 11.3 Å². The highest BCUT2D eigenvalue weighted by atomic mass is 32.1. The molecule has 8 aromatic rings. The highest BCUT2D eigenvalue weighted by Gasteiger charge is 2.13. The Labute approximate surface area is 254 Å². The van der Waals surface area contributed by atoms with Gasteiger partial charge in [-0.25, -0.2) is 9.97 Å². The average Bonchev–Trinajstić information content (AvgIpc) is 3.48. The Balaban J connectivity index is 1.21. The first-order valence-corrected chi connectivity index (χ1v) is 15.2. The molecule has 0 unspecified atom stereocenters. The number of hydrogen-bond acceptors (Lipinski definition) is 3. The van der Waals surface area contributed by atoms with Crippen molar-refractivity contribution in [3.63, 3.8) is 0 Å². The monoisotopic (exact) mass is 566 g/mol. The molecule has 0 saturated heterocycles. The van der Waals surface area contributed by atoms with Crippen molar-refractivity contribution >= 4 is 31.5 Å². The van der Waals surface area contributed by atoms with Crippen molar-refractivity contribution in [1.29, 1.82) is 0 Å². The number of aromatic nitrogens is 2. The molecule has 8 rings (SSSR count). The molecular weight excluding hydrogens is 541 g/mol. The molecule has 0 atom stereocenters. The quantitative estimate of drug-likeness (QED) is 0.207. The molecule has 0 radical (unpaired) electrons. The number of fused-ring (bicyclic) bond motifs is 3. The summed E-state index contributed by atoms with van der Waals surface area (Å²) < 4.78 is 2.63. The van der Waals surface area contributed by atoms with Crippen LogP contribution in [-0.2, 0) is 0 Å². The lowest BCUT2D eigenvalue weighted by Crippen LogP contribution is -1.96. The molecular formula is C40H26N2S. The van der Waals surface area contributed by atoms with Gasteiger partial charge in [0.05, 0.1) is 11.4 Å². The van der Waals surface area contributed by atoms with Crippen molar-refractivity contribution in [2.75, 3.05) is 0 Å². The molecule has 2 nitrogen and oxygen atoms in total. The molecule has 43 heavy (non-hydrogen) atoms. The molecule has 2 heterocycles. The maximum atomic E-state index is 5.08. The minimum atomic E-state index is 0.717. The summed E-state index contributed by atoms with van der Waals surface area (Å²) in [6.07, 6.45) is 0. The van der Waals surface area contributed by atoms with Crippen LogP contribution >= 0.6 is 11.3 Å². The van der Waals surface area contributed by atoms with Gasteiger partial charge in [-0.2, -0.15) is 0 Å². The van der Waals surface area contributed by atoms with Crippen LogP contribution < -0.4 is 0 Å². The number of benzene rings is 6. The van der Waals surface area contributed by atoms with Gasteiger partial charge in [0, 0.05) is 36.9 Å². The predicted molar refractivity (Wildman–Crippen MR) is 182 cm³/mol. The molecule has 0 aliphatic carbocycles. The van der Waals surface area contributed by atoms with E-state index >= 15 is 0 Å². The molecule has 0 saturated carbocycles. The van der Waals surface area contributed by atoms with Gasteiger partial charge >= 0.3 is 0 Å². The Kier molecular flexibility index (Phi) is 6.36. The van der Waals surface area contributed by atoms with E-state index in [1.807, 2.05) is 23.5 Å². The van der Waals surface area contributed by atoms with Crippen LogP contribution in [0.4, 0.5) is 0 Å². The molecule has 0 fully saturated rings. The van der Waals surface area contributed by atoms with E-state index in [0.29, 0.717) is 5.82 Å². The molecule has 0 aliphatic heterocycles. The molecule has 202 valence electrons. The molecule has 6 aromatic carbocycles. The second-order valence-corrected chi connectivity index (χ2v) is 11.7. The van der Waals surface area contributed by atoms with Crippen LogP contribution in [-0.4, -0.2) is 9.97 Å². The minimum absolute atomic E-state index is 0.717. The number of nitrogens with zero attached hydrogens (tertiary/aromatic N) is 2. The molecule has 0 aliphatic rings. The summed E-state index contributed by atoms with van der Waals surface area (Å²) in [6, 6.07) is 55.5. The molecule has 0 amide bonds. The Morgan fingerprint density at radius 2 is 0.884 bits per heavy atom. The molecule has 0 bridgehead atoms. The number of rotatable bonds is 5. The fourth-order valence-corrected chi connectivity index (χ4v) is 6.89. The van der Waals surface area contributed by atoms with E-state index in [-0.39, 0.29) is 0 Å². The largest absolute Gasteiger partial charge is 0.228 e. The second kappa shape index (κ2) is 10.8. The lowest BCUT2D eigenvalue weighted by molar-refractivity contribution is 1.18. The standard InChI is InChI=1S/C40H26N2S/c1-3-10-27(11-4-1)28-18-22-31(23-19-28)36-26-35(30-12-5-2-6-13-30)41-40(42-36)32-24-20-29(21-25-32)33-15-9-17-38-39(33)34-14-7-8-16-37(34)43-38/h1-26H. The first kappa shape index (κ1) is 25.3. The van der Waals surface area contributed by atoms with Gasteiger partial charge in [0.1, 0.15) is 0 Å². The number of hydrogen-bond donors (Lipinski definition) is 0. The van der Waals surface area contributed by atoms with Crippen molar-refractivity contribution in [1.82, 2.24) is 9.97 Å². The third-order valence-corrected chi connectivity index (χ3v) is 9.08. The average molecular weight is 567 g/mol. The first-order chi connectivity index (χ1) is 21.3. The summed E-state index contributed by atoms with van der Waals surface area (Å²) in [6.45, 7) is 0. The Morgan fingerprint density at radius 3 is 1.60 bits per heavy atom. The van der Waals surface area contributed by atoms with Crippen LogP contribution in [0.25, 0.3) is 76.3 Å². The maximum absolute atomic E-state index is 5.08. The van der Waals surface area contributed by atoms with E-state index in [0.717, 1.165) is 28.1 Å². The topological polar surface area (TPSA) is 25.8 Å². The van der Waals surface area contributed by atoms with Gasteiger partial charge in [0.15, 0.2) is 5.82 Å². The van der Waals surface area contributed by atoms with Gasteiger partial charge in [-0.1, -0.05) is 140 Å². The number of thiophene rings is 1. The van der Waals surface area contributed by atoms with E-state index < -0.39 is 0 Å². The fourth-order valence-electron chi connectivity index (χ4n) is 5.76. The molecule has 0 spiro atoms. The van der Waals surface area contributed by atoms with Gasteiger partial charge in [0.2, 0.25) is 0 Å². The van der Waals surface area contributed by atoms with Crippen LogP contribution in [0.15, 0.2) is 158 Å². The van der Waals surface area contributed by atoms with Crippen molar-refractivity contribution in [3.8, 4) is 56.2 Å². The highest BCUT2D eigenvalue weighted by Crippen LogP contribution is 2.40. The minimum Gasteiger partial charge on any atom is -0.228 e. The lowest BCUT2D eigenvalue weighted by atomic mass is 9.98. The van der Waals surface area contributed by atoms with Crippen molar-refractivity contribution in [3.05, 3.63) is 158 Å². The maximum Gasteiger partial charge on any atom is 0.160 e. The van der Waals surface area contributed by atoms with Crippen molar-refractivity contribution < 1.29 is 0 Å². The highest BCUT2D eigenvalue weighted by molar-refractivity contribution is 7.25. The predicted octanol–water partition coefficient (Wildman–Crippen LogP) is 11.2. The van der Waals surface area contributed by atoms with E-state index in [1.165, 1.54) is 42.4 Å². The zero-order chi connectivity index (χ0) is 28.6. The van der Waals surface area contributed by atoms with Gasteiger partial charge in [-0.3, -0.25) is 0 Å². The Morgan fingerprint density at radius 1 is 0.372 bits per heavy atom. The normalized spacial score (nSPS) is 11.3. The van der Waals surface area contributed by atoms with Crippen LogP contribution in [0.5, 0.6) is 0 Å². The SMILES string of the molecule is c1ccc(-c2ccc(-c3cc(-c4ccccc4)nc(-c4ccc(-c5cccc6sc7ccccc7c56)cc4)n3)cc2)cc1. The van der Waals surface area contributed by atoms with Gasteiger partial charge in [-0.05, 0) is 40.5 Å². The van der Waals surface area contributed by atoms with E-state index in [1.54, 1.807) is 0 Å². The van der Waals surface area contributed by atoms with Gasteiger partial charge in [0.25, 0.3) is 0 Å². The zero-order valence-corrected chi connectivity index (χ0v) is 24.1.